The van der Waals surface area contributed by atoms with Crippen LogP contribution in [0.1, 0.15) is 27.8 Å². The number of ether oxygens (including phenoxy) is 1. The second kappa shape index (κ2) is 6.76. The number of amides is 1. The Balaban J connectivity index is 2.07. The van der Waals surface area contributed by atoms with Gasteiger partial charge in [-0.15, -0.1) is 0 Å². The highest BCUT2D eigenvalue weighted by atomic mass is 35.5. The quantitative estimate of drug-likeness (QED) is 0.696. The fourth-order valence-electron chi connectivity index (χ4n) is 2.44. The number of halogens is 1. The number of nitrogens with one attached hydrogen (secondary N) is 2. The van der Waals surface area contributed by atoms with Crippen LogP contribution in [0.4, 0.5) is 5.69 Å². The van der Waals surface area contributed by atoms with Crippen LogP contribution in [0.2, 0.25) is 5.02 Å². The molecule has 0 radical (unpaired) electrons. The lowest BCUT2D eigenvalue weighted by molar-refractivity contribution is 0.0522. The van der Waals surface area contributed by atoms with E-state index in [0.717, 1.165) is 0 Å². The molecule has 1 aromatic heterocycles. The van der Waals surface area contributed by atoms with E-state index in [1.165, 1.54) is 0 Å². The average molecular weight is 343 g/mol. The lowest BCUT2D eigenvalue weighted by Crippen LogP contribution is -2.15. The van der Waals surface area contributed by atoms with Crippen molar-refractivity contribution < 1.29 is 14.3 Å². The second-order valence-corrected chi connectivity index (χ2v) is 5.49. The highest BCUT2D eigenvalue weighted by Gasteiger charge is 2.22. The highest BCUT2D eigenvalue weighted by Crippen LogP contribution is 2.33. The van der Waals surface area contributed by atoms with Gasteiger partial charge in [0.15, 0.2) is 0 Å². The number of aromatic amines is 1. The van der Waals surface area contributed by atoms with Crippen molar-refractivity contribution in [2.45, 2.75) is 6.92 Å². The van der Waals surface area contributed by atoms with Gasteiger partial charge in [-0.2, -0.15) is 0 Å². The summed E-state index contributed by atoms with van der Waals surface area (Å²) in [6.45, 7) is 1.95. The summed E-state index contributed by atoms with van der Waals surface area (Å²) >= 11 is 6.18. The van der Waals surface area contributed by atoms with Crippen LogP contribution in [0, 0.1) is 0 Å². The van der Waals surface area contributed by atoms with E-state index < -0.39 is 5.97 Å². The number of hydrogen-bond donors (Lipinski definition) is 2. The molecule has 5 nitrogen and oxygen atoms in total. The summed E-state index contributed by atoms with van der Waals surface area (Å²) in [6.07, 6.45) is 0. The van der Waals surface area contributed by atoms with E-state index in [1.807, 2.05) is 6.07 Å². The topological polar surface area (TPSA) is 71.2 Å². The van der Waals surface area contributed by atoms with Crippen molar-refractivity contribution >= 4 is 40.1 Å². The fourth-order valence-corrected chi connectivity index (χ4v) is 2.66. The third-order valence-corrected chi connectivity index (χ3v) is 3.85. The van der Waals surface area contributed by atoms with Gasteiger partial charge in [-0.05, 0) is 25.1 Å². The molecule has 3 rings (SSSR count). The van der Waals surface area contributed by atoms with Crippen LogP contribution >= 0.6 is 11.6 Å². The maximum Gasteiger partial charge on any atom is 0.356 e. The smallest absolute Gasteiger partial charge is 0.356 e. The number of anilines is 1. The molecule has 0 spiro atoms. The molecule has 1 amide bonds. The molecule has 3 aromatic rings. The maximum atomic E-state index is 12.5. The number of fused-ring (bicyclic) bond motifs is 1. The minimum atomic E-state index is -0.548. The molecule has 6 heteroatoms. The Morgan fingerprint density at radius 1 is 1.12 bits per heavy atom. The van der Waals surface area contributed by atoms with E-state index in [9.17, 15) is 9.59 Å². The van der Waals surface area contributed by atoms with Crippen molar-refractivity contribution in [2.24, 2.45) is 0 Å². The first-order valence-electron chi connectivity index (χ1n) is 7.45. The molecule has 0 atom stereocenters. The van der Waals surface area contributed by atoms with E-state index in [2.05, 4.69) is 10.3 Å². The van der Waals surface area contributed by atoms with Gasteiger partial charge in [0.2, 0.25) is 0 Å². The Morgan fingerprint density at radius 2 is 1.88 bits per heavy atom. The van der Waals surface area contributed by atoms with Crippen LogP contribution in [0.5, 0.6) is 0 Å². The van der Waals surface area contributed by atoms with Gasteiger partial charge < -0.3 is 15.0 Å². The molecular formula is C18H15ClN2O3. The van der Waals surface area contributed by atoms with E-state index in [-0.39, 0.29) is 18.2 Å². The molecule has 0 fully saturated rings. The molecule has 0 unspecified atom stereocenters. The molecule has 0 aliphatic rings. The Bertz CT molecular complexity index is 903. The molecule has 0 aliphatic heterocycles. The molecule has 0 saturated carbocycles. The third-order valence-electron chi connectivity index (χ3n) is 3.54. The molecular weight excluding hydrogens is 328 g/mol. The summed E-state index contributed by atoms with van der Waals surface area (Å²) in [5.74, 6) is -0.866. The predicted molar refractivity (Wildman–Crippen MR) is 93.7 cm³/mol. The Morgan fingerprint density at radius 3 is 2.58 bits per heavy atom. The van der Waals surface area contributed by atoms with E-state index >= 15 is 0 Å². The zero-order valence-corrected chi connectivity index (χ0v) is 13.7. The van der Waals surface area contributed by atoms with Crippen LogP contribution in [0.25, 0.3) is 10.9 Å². The van der Waals surface area contributed by atoms with Crippen LogP contribution in [0.15, 0.2) is 48.5 Å². The summed E-state index contributed by atoms with van der Waals surface area (Å²) < 4.78 is 5.06. The first-order chi connectivity index (χ1) is 11.6. The summed E-state index contributed by atoms with van der Waals surface area (Å²) in [5.41, 5.74) is 1.60. The zero-order chi connectivity index (χ0) is 17.1. The Labute approximate surface area is 143 Å². The minimum absolute atomic E-state index is 0.171. The number of rotatable bonds is 4. The van der Waals surface area contributed by atoms with Gasteiger partial charge in [-0.3, -0.25) is 4.79 Å². The first-order valence-corrected chi connectivity index (χ1v) is 7.83. The largest absolute Gasteiger partial charge is 0.461 e. The van der Waals surface area contributed by atoms with Crippen LogP contribution in [-0.4, -0.2) is 23.5 Å². The summed E-state index contributed by atoms with van der Waals surface area (Å²) in [7, 11) is 0. The van der Waals surface area contributed by atoms with Crippen LogP contribution in [-0.2, 0) is 4.74 Å². The normalized spacial score (nSPS) is 10.6. The van der Waals surface area contributed by atoms with Gasteiger partial charge in [-0.25, -0.2) is 4.79 Å². The number of carbonyl (C=O) groups is 2. The maximum absolute atomic E-state index is 12.5. The van der Waals surface area contributed by atoms with Gasteiger partial charge in [0.25, 0.3) is 5.91 Å². The number of aromatic nitrogens is 1. The Hall–Kier alpha value is -2.79. The zero-order valence-electron chi connectivity index (χ0n) is 12.9. The lowest BCUT2D eigenvalue weighted by Gasteiger charge is -2.07. The van der Waals surface area contributed by atoms with Gasteiger partial charge in [0.05, 0.1) is 22.8 Å². The van der Waals surface area contributed by atoms with Gasteiger partial charge in [-0.1, -0.05) is 41.9 Å². The standard InChI is InChI=1S/C18H15ClN2O3/c1-2-24-18(23)16-15(12-9-6-10-13(19)14(12)20-16)21-17(22)11-7-4-3-5-8-11/h3-10,20H,2H2,1H3,(H,21,22). The number of carbonyl (C=O) groups excluding carboxylic acids is 2. The van der Waals surface area contributed by atoms with E-state index in [1.54, 1.807) is 49.4 Å². The summed E-state index contributed by atoms with van der Waals surface area (Å²) in [6, 6.07) is 14.0. The van der Waals surface area contributed by atoms with Crippen molar-refractivity contribution in [3.63, 3.8) is 0 Å². The fraction of sp³-hybridized carbons (Fsp3) is 0.111. The molecule has 2 aromatic carbocycles. The number of esters is 1. The molecule has 2 N–H and O–H groups in total. The van der Waals surface area contributed by atoms with Crippen molar-refractivity contribution in [1.82, 2.24) is 4.98 Å². The van der Waals surface area contributed by atoms with Crippen LogP contribution < -0.4 is 5.32 Å². The van der Waals surface area contributed by atoms with Crippen molar-refractivity contribution in [1.29, 1.82) is 0 Å². The number of benzene rings is 2. The van der Waals surface area contributed by atoms with E-state index in [4.69, 9.17) is 16.3 Å². The number of hydrogen-bond acceptors (Lipinski definition) is 3. The molecule has 0 aliphatic carbocycles. The van der Waals surface area contributed by atoms with Gasteiger partial charge in [0.1, 0.15) is 5.69 Å². The van der Waals surface area contributed by atoms with Crippen molar-refractivity contribution in [3.8, 4) is 0 Å². The minimum Gasteiger partial charge on any atom is -0.461 e. The average Bonchev–Trinajstić information content (AvgIpc) is 2.96. The van der Waals surface area contributed by atoms with Crippen LogP contribution in [0.3, 0.4) is 0 Å². The number of H-pyrrole nitrogens is 1. The molecule has 0 saturated heterocycles. The lowest BCUT2D eigenvalue weighted by atomic mass is 10.2. The van der Waals surface area contributed by atoms with Crippen molar-refractivity contribution in [2.75, 3.05) is 11.9 Å². The first kappa shape index (κ1) is 16.1. The van der Waals surface area contributed by atoms with E-state index in [0.29, 0.717) is 27.2 Å². The Kier molecular flexibility index (Phi) is 4.53. The molecule has 1 heterocycles. The SMILES string of the molecule is CCOC(=O)c1[nH]c2c(Cl)cccc2c1NC(=O)c1ccccc1. The predicted octanol–water partition coefficient (Wildman–Crippen LogP) is 4.25. The third kappa shape index (κ3) is 2.98. The summed E-state index contributed by atoms with van der Waals surface area (Å²) in [4.78, 5) is 27.6. The monoisotopic (exact) mass is 342 g/mol. The van der Waals surface area contributed by atoms with Gasteiger partial charge >= 0.3 is 5.97 Å². The van der Waals surface area contributed by atoms with Crippen molar-refractivity contribution in [3.05, 3.63) is 64.8 Å². The molecule has 122 valence electrons. The van der Waals surface area contributed by atoms with Gasteiger partial charge in [0, 0.05) is 10.9 Å². The molecule has 0 bridgehead atoms. The summed E-state index contributed by atoms with van der Waals surface area (Å²) in [5, 5.41) is 3.89. The molecule has 24 heavy (non-hydrogen) atoms. The second-order valence-electron chi connectivity index (χ2n) is 5.08. The highest BCUT2D eigenvalue weighted by molar-refractivity contribution is 6.36. The number of para-hydroxylation sites is 1.